The molecule has 1 saturated carbocycles. The van der Waals surface area contributed by atoms with Crippen LogP contribution in [0.1, 0.15) is 77.8 Å². The van der Waals surface area contributed by atoms with E-state index >= 15 is 0 Å². The monoisotopic (exact) mass is 593 g/mol. The molecular formula is C34H43NO8. The lowest BCUT2D eigenvalue weighted by Crippen LogP contribution is -2.50. The second-order valence-corrected chi connectivity index (χ2v) is 11.8. The molecule has 0 bridgehead atoms. The first-order valence-electron chi connectivity index (χ1n) is 14.8. The van der Waals surface area contributed by atoms with E-state index in [1.54, 1.807) is 37.3 Å². The van der Waals surface area contributed by atoms with Gasteiger partial charge in [0.25, 0.3) is 0 Å². The van der Waals surface area contributed by atoms with Gasteiger partial charge in [0.15, 0.2) is 11.8 Å². The summed E-state index contributed by atoms with van der Waals surface area (Å²) in [5.74, 6) is -3.46. The highest BCUT2D eigenvalue weighted by Crippen LogP contribution is 2.53. The summed E-state index contributed by atoms with van der Waals surface area (Å²) in [7, 11) is 1.24. The summed E-state index contributed by atoms with van der Waals surface area (Å²) < 4.78 is 10.8. The molecular weight excluding hydrogens is 550 g/mol. The number of hydrogen-bond donors (Lipinski definition) is 1. The average molecular weight is 594 g/mol. The smallest absolute Gasteiger partial charge is 0.333 e. The molecule has 0 aliphatic heterocycles. The molecule has 1 unspecified atom stereocenters. The van der Waals surface area contributed by atoms with Gasteiger partial charge in [-0.3, -0.25) is 14.4 Å². The molecule has 1 N–H and O–H groups in total. The Bertz CT molecular complexity index is 1280. The van der Waals surface area contributed by atoms with Crippen molar-refractivity contribution >= 4 is 30.0 Å². The van der Waals surface area contributed by atoms with E-state index in [-0.39, 0.29) is 36.5 Å². The molecule has 1 aromatic carbocycles. The van der Waals surface area contributed by atoms with Crippen molar-refractivity contribution in [1.82, 2.24) is 5.48 Å². The van der Waals surface area contributed by atoms with Crippen molar-refractivity contribution in [3.8, 4) is 0 Å². The average Bonchev–Trinajstić information content (AvgIpc) is 3.00. The SMILES string of the molecule is C=C(C=O)[C@@H]1C[C@@]2(C)C(=CC1=O)[C@H](OC(=O)/C(C)=C\C(C)CCCC)CC[C@@H]2C(=O)ON[C@@H](C(=O)OC)c1ccccc1. The first-order valence-corrected chi connectivity index (χ1v) is 14.8. The fourth-order valence-electron chi connectivity index (χ4n) is 6.08. The number of esters is 2. The molecule has 9 nitrogen and oxygen atoms in total. The third-order valence-corrected chi connectivity index (χ3v) is 8.61. The Kier molecular flexibility index (Phi) is 11.8. The van der Waals surface area contributed by atoms with Gasteiger partial charge in [-0.1, -0.05) is 76.6 Å². The summed E-state index contributed by atoms with van der Waals surface area (Å²) in [4.78, 5) is 69.4. The van der Waals surface area contributed by atoms with E-state index in [4.69, 9.17) is 14.3 Å². The fourth-order valence-corrected chi connectivity index (χ4v) is 6.08. The number of fused-ring (bicyclic) bond motifs is 1. The molecule has 0 heterocycles. The molecule has 0 amide bonds. The third-order valence-electron chi connectivity index (χ3n) is 8.61. The number of carbonyl (C=O) groups excluding carboxylic acids is 5. The van der Waals surface area contributed by atoms with Crippen molar-refractivity contribution in [3.05, 3.63) is 71.3 Å². The van der Waals surface area contributed by atoms with Crippen LogP contribution in [-0.4, -0.2) is 43.2 Å². The van der Waals surface area contributed by atoms with Crippen molar-refractivity contribution < 1.29 is 38.3 Å². The van der Waals surface area contributed by atoms with Gasteiger partial charge in [-0.2, -0.15) is 0 Å². The zero-order valence-electron chi connectivity index (χ0n) is 25.7. The fraction of sp³-hybridized carbons (Fsp3) is 0.500. The third kappa shape index (κ3) is 7.96. The van der Waals surface area contributed by atoms with E-state index in [1.807, 2.05) is 13.0 Å². The highest BCUT2D eigenvalue weighted by molar-refractivity contribution is 6.00. The largest absolute Gasteiger partial charge is 0.468 e. The maximum Gasteiger partial charge on any atom is 0.333 e. The number of ether oxygens (including phenoxy) is 2. The van der Waals surface area contributed by atoms with Crippen molar-refractivity contribution in [2.75, 3.05) is 7.11 Å². The van der Waals surface area contributed by atoms with Crippen molar-refractivity contribution in [3.63, 3.8) is 0 Å². The van der Waals surface area contributed by atoms with E-state index in [9.17, 15) is 24.0 Å². The molecule has 6 atom stereocenters. The van der Waals surface area contributed by atoms with Crippen LogP contribution in [-0.2, 0) is 38.3 Å². The zero-order valence-corrected chi connectivity index (χ0v) is 25.7. The van der Waals surface area contributed by atoms with Gasteiger partial charge in [0.2, 0.25) is 0 Å². The van der Waals surface area contributed by atoms with Crippen LogP contribution in [0.5, 0.6) is 0 Å². The molecule has 1 fully saturated rings. The summed E-state index contributed by atoms with van der Waals surface area (Å²) in [6, 6.07) is 7.64. The number of hydrogen-bond acceptors (Lipinski definition) is 9. The lowest BCUT2D eigenvalue weighted by molar-refractivity contribution is -0.169. The Labute approximate surface area is 253 Å². The predicted octanol–water partition coefficient (Wildman–Crippen LogP) is 5.32. The van der Waals surface area contributed by atoms with Crippen LogP contribution in [0, 0.1) is 23.2 Å². The van der Waals surface area contributed by atoms with Gasteiger partial charge < -0.3 is 14.3 Å². The minimum atomic E-state index is -1.06. The molecule has 2 aliphatic rings. The zero-order chi connectivity index (χ0) is 31.7. The van der Waals surface area contributed by atoms with E-state index < -0.39 is 47.3 Å². The van der Waals surface area contributed by atoms with Crippen LogP contribution in [0.2, 0.25) is 0 Å². The Hall–Kier alpha value is -3.85. The molecule has 3 rings (SSSR count). The first-order chi connectivity index (χ1) is 20.5. The number of rotatable bonds is 13. The summed E-state index contributed by atoms with van der Waals surface area (Å²) in [5, 5.41) is 0. The van der Waals surface area contributed by atoms with E-state index in [0.29, 0.717) is 23.0 Å². The van der Waals surface area contributed by atoms with Gasteiger partial charge in [0.05, 0.1) is 18.9 Å². The number of carbonyl (C=O) groups is 5. The van der Waals surface area contributed by atoms with Crippen LogP contribution >= 0.6 is 0 Å². The van der Waals surface area contributed by atoms with Gasteiger partial charge in [-0.05, 0) is 61.3 Å². The molecule has 1 aromatic rings. The summed E-state index contributed by atoms with van der Waals surface area (Å²) in [6.45, 7) is 11.5. The summed E-state index contributed by atoms with van der Waals surface area (Å²) >= 11 is 0. The van der Waals surface area contributed by atoms with Crippen LogP contribution in [0.15, 0.2) is 65.8 Å². The van der Waals surface area contributed by atoms with Crippen LogP contribution in [0.25, 0.3) is 0 Å². The number of benzene rings is 1. The lowest BCUT2D eigenvalue weighted by Gasteiger charge is -2.48. The Morgan fingerprint density at radius 1 is 1.19 bits per heavy atom. The molecule has 9 heteroatoms. The van der Waals surface area contributed by atoms with Gasteiger partial charge in [0, 0.05) is 11.0 Å². The van der Waals surface area contributed by atoms with Crippen LogP contribution < -0.4 is 5.48 Å². The van der Waals surface area contributed by atoms with E-state index in [0.717, 1.165) is 19.3 Å². The minimum Gasteiger partial charge on any atom is -0.468 e. The predicted molar refractivity (Wildman–Crippen MR) is 160 cm³/mol. The quantitative estimate of drug-likeness (QED) is 0.106. The van der Waals surface area contributed by atoms with Crippen molar-refractivity contribution in [2.24, 2.45) is 23.2 Å². The maximum atomic E-state index is 13.6. The number of allylic oxidation sites excluding steroid dienone is 3. The second kappa shape index (κ2) is 15.0. The Balaban J connectivity index is 1.87. The molecule has 43 heavy (non-hydrogen) atoms. The first kappa shape index (κ1) is 33.6. The van der Waals surface area contributed by atoms with E-state index in [2.05, 4.69) is 25.9 Å². The van der Waals surface area contributed by atoms with Gasteiger partial charge in [-0.25, -0.2) is 9.59 Å². The minimum absolute atomic E-state index is 0.112. The maximum absolute atomic E-state index is 13.6. The number of ketones is 1. The Morgan fingerprint density at radius 2 is 1.88 bits per heavy atom. The van der Waals surface area contributed by atoms with Gasteiger partial charge in [0.1, 0.15) is 12.4 Å². The number of hydroxylamine groups is 1. The van der Waals surface area contributed by atoms with Crippen LogP contribution in [0.4, 0.5) is 0 Å². The van der Waals surface area contributed by atoms with Crippen LogP contribution in [0.3, 0.4) is 0 Å². The number of methoxy groups -OCH3 is 1. The lowest BCUT2D eigenvalue weighted by atomic mass is 9.56. The van der Waals surface area contributed by atoms with E-state index in [1.165, 1.54) is 13.2 Å². The standard InChI is InChI=1S/C34H43NO8/c1-7-8-12-21(2)17-22(3)31(38)42-29-16-15-26(34(5)19-25(23(4)20-36)28(37)18-27(29)34)32(39)43-35-30(33(40)41-6)24-13-10-9-11-14-24/h9-11,13-14,17-18,20-21,25-26,29-30,35H,4,7-8,12,15-16,19H2,1-3,5-6H3/b22-17-/t21?,25-,26+,29+,30+,34+/m0/s1. The van der Waals surface area contributed by atoms with Gasteiger partial charge in [-0.15, -0.1) is 5.48 Å². The topological polar surface area (TPSA) is 125 Å². The number of unbranched alkanes of at least 4 members (excludes halogenated alkanes) is 1. The van der Waals surface area contributed by atoms with Crippen molar-refractivity contribution in [2.45, 2.75) is 78.4 Å². The number of aldehydes is 1. The Morgan fingerprint density at radius 3 is 2.51 bits per heavy atom. The molecule has 0 radical (unpaired) electrons. The molecule has 0 spiro atoms. The molecule has 232 valence electrons. The normalized spacial score (nSPS) is 25.0. The summed E-state index contributed by atoms with van der Waals surface area (Å²) in [6.07, 6.45) is 6.90. The van der Waals surface area contributed by atoms with Crippen molar-refractivity contribution in [1.29, 1.82) is 0 Å². The second-order valence-electron chi connectivity index (χ2n) is 11.8. The highest BCUT2D eigenvalue weighted by atomic mass is 16.7. The summed E-state index contributed by atoms with van der Waals surface area (Å²) in [5.41, 5.74) is 3.22. The molecule has 0 aromatic heterocycles. The number of nitrogens with one attached hydrogen (secondary N) is 1. The molecule has 2 aliphatic carbocycles. The highest BCUT2D eigenvalue weighted by Gasteiger charge is 2.54. The molecule has 0 saturated heterocycles. The van der Waals surface area contributed by atoms with Gasteiger partial charge >= 0.3 is 17.9 Å².